The standard InChI is InChI=1S/C19H25N5O3S/c1-3-27-19(26)15-13(16(18(25)21-2)28-17(15)20)12-23-8-10-24(11-9-23)14-6-4-5-7-22-14/h4-7H,3,8-12,20H2,1-2H3,(H,21,25). The van der Waals surface area contributed by atoms with E-state index in [1.807, 2.05) is 18.2 Å². The lowest BCUT2D eigenvalue weighted by Crippen LogP contribution is -2.46. The minimum absolute atomic E-state index is 0.241. The summed E-state index contributed by atoms with van der Waals surface area (Å²) in [5.41, 5.74) is 7.03. The first-order valence-electron chi connectivity index (χ1n) is 9.23. The average molecular weight is 404 g/mol. The smallest absolute Gasteiger partial charge is 0.341 e. The fraction of sp³-hybridized carbons (Fsp3) is 0.421. The van der Waals surface area contributed by atoms with Gasteiger partial charge in [-0.25, -0.2) is 9.78 Å². The molecule has 28 heavy (non-hydrogen) atoms. The van der Waals surface area contributed by atoms with Gasteiger partial charge >= 0.3 is 5.97 Å². The number of piperazine rings is 1. The first kappa shape index (κ1) is 20.1. The monoisotopic (exact) mass is 403 g/mol. The van der Waals surface area contributed by atoms with E-state index in [1.54, 1.807) is 20.2 Å². The van der Waals surface area contributed by atoms with Gasteiger partial charge in [0.25, 0.3) is 5.91 Å². The van der Waals surface area contributed by atoms with Crippen LogP contribution in [0.5, 0.6) is 0 Å². The molecular weight excluding hydrogens is 378 g/mol. The fourth-order valence-electron chi connectivity index (χ4n) is 3.26. The van der Waals surface area contributed by atoms with Gasteiger partial charge in [-0.05, 0) is 19.1 Å². The summed E-state index contributed by atoms with van der Waals surface area (Å²) < 4.78 is 5.16. The van der Waals surface area contributed by atoms with Gasteiger partial charge in [-0.3, -0.25) is 9.69 Å². The van der Waals surface area contributed by atoms with Crippen molar-refractivity contribution in [2.75, 3.05) is 50.5 Å². The number of hydrogen-bond donors (Lipinski definition) is 2. The van der Waals surface area contributed by atoms with Gasteiger partial charge in [0, 0.05) is 51.5 Å². The Kier molecular flexibility index (Phi) is 6.48. The average Bonchev–Trinajstić information content (AvgIpc) is 3.04. The molecule has 8 nitrogen and oxygen atoms in total. The molecule has 0 saturated carbocycles. The molecule has 9 heteroatoms. The van der Waals surface area contributed by atoms with Gasteiger partial charge in [-0.2, -0.15) is 0 Å². The summed E-state index contributed by atoms with van der Waals surface area (Å²) in [4.78, 5) is 34.1. The molecule has 0 atom stereocenters. The molecule has 1 aliphatic heterocycles. The Labute approximate surface area is 168 Å². The van der Waals surface area contributed by atoms with Crippen molar-refractivity contribution in [3.05, 3.63) is 40.4 Å². The van der Waals surface area contributed by atoms with Crippen LogP contribution < -0.4 is 16.0 Å². The second kappa shape index (κ2) is 9.03. The topological polar surface area (TPSA) is 101 Å². The van der Waals surface area contributed by atoms with Crippen molar-refractivity contribution >= 4 is 34.0 Å². The van der Waals surface area contributed by atoms with Crippen LogP contribution in [0.4, 0.5) is 10.8 Å². The summed E-state index contributed by atoms with van der Waals surface area (Å²) in [5, 5.41) is 2.95. The van der Waals surface area contributed by atoms with Gasteiger partial charge in [0.2, 0.25) is 0 Å². The van der Waals surface area contributed by atoms with Gasteiger partial charge in [0.1, 0.15) is 10.8 Å². The first-order valence-corrected chi connectivity index (χ1v) is 10.1. The Balaban J connectivity index is 1.78. The second-order valence-corrected chi connectivity index (χ2v) is 7.45. The lowest BCUT2D eigenvalue weighted by atomic mass is 10.1. The van der Waals surface area contributed by atoms with Crippen LogP contribution in [0.3, 0.4) is 0 Å². The second-order valence-electron chi connectivity index (χ2n) is 6.40. The highest BCUT2D eigenvalue weighted by Crippen LogP contribution is 2.33. The number of amides is 1. The summed E-state index contributed by atoms with van der Waals surface area (Å²) >= 11 is 1.13. The molecule has 3 heterocycles. The zero-order valence-electron chi connectivity index (χ0n) is 16.1. The molecule has 0 aliphatic carbocycles. The van der Waals surface area contributed by atoms with Crippen LogP contribution >= 0.6 is 11.3 Å². The van der Waals surface area contributed by atoms with E-state index in [-0.39, 0.29) is 12.5 Å². The molecule has 0 aromatic carbocycles. The van der Waals surface area contributed by atoms with Crippen molar-refractivity contribution in [1.82, 2.24) is 15.2 Å². The van der Waals surface area contributed by atoms with Gasteiger partial charge < -0.3 is 20.7 Å². The Morgan fingerprint density at radius 1 is 1.29 bits per heavy atom. The predicted molar refractivity (Wildman–Crippen MR) is 110 cm³/mol. The van der Waals surface area contributed by atoms with Gasteiger partial charge in [-0.15, -0.1) is 11.3 Å². The van der Waals surface area contributed by atoms with E-state index in [9.17, 15) is 9.59 Å². The number of nitrogens with one attached hydrogen (secondary N) is 1. The number of anilines is 2. The number of pyridine rings is 1. The number of hydrogen-bond acceptors (Lipinski definition) is 8. The number of nitrogens with two attached hydrogens (primary N) is 1. The number of esters is 1. The predicted octanol–water partition coefficient (Wildman–Crippen LogP) is 1.58. The zero-order valence-corrected chi connectivity index (χ0v) is 16.9. The summed E-state index contributed by atoms with van der Waals surface area (Å²) in [7, 11) is 1.57. The van der Waals surface area contributed by atoms with Crippen molar-refractivity contribution in [3.63, 3.8) is 0 Å². The van der Waals surface area contributed by atoms with Crippen molar-refractivity contribution in [2.45, 2.75) is 13.5 Å². The minimum atomic E-state index is -0.478. The molecule has 1 saturated heterocycles. The first-order chi connectivity index (χ1) is 13.5. The van der Waals surface area contributed by atoms with Gasteiger partial charge in [-0.1, -0.05) is 6.07 Å². The molecule has 1 fully saturated rings. The summed E-state index contributed by atoms with van der Waals surface area (Å²) in [6, 6.07) is 5.87. The fourth-order valence-corrected chi connectivity index (χ4v) is 4.27. The SMILES string of the molecule is CCOC(=O)c1c(N)sc(C(=O)NC)c1CN1CCN(c2ccccn2)CC1. The van der Waals surface area contributed by atoms with Gasteiger partial charge in [0.15, 0.2) is 0 Å². The number of carbonyl (C=O) groups excluding carboxylic acids is 2. The molecular formula is C19H25N5O3S. The van der Waals surface area contributed by atoms with Crippen LogP contribution in [0.15, 0.2) is 24.4 Å². The van der Waals surface area contributed by atoms with E-state index in [4.69, 9.17) is 10.5 Å². The van der Waals surface area contributed by atoms with Crippen molar-refractivity contribution in [1.29, 1.82) is 0 Å². The normalized spacial score (nSPS) is 14.7. The molecule has 1 aliphatic rings. The third kappa shape index (κ3) is 4.26. The molecule has 0 bridgehead atoms. The molecule has 2 aromatic heterocycles. The molecule has 1 amide bonds. The van der Waals surface area contributed by atoms with E-state index in [1.165, 1.54) is 0 Å². The van der Waals surface area contributed by atoms with Crippen LogP contribution in [0.25, 0.3) is 0 Å². The van der Waals surface area contributed by atoms with Crippen LogP contribution in [0.1, 0.15) is 32.5 Å². The third-order valence-corrected chi connectivity index (χ3v) is 5.73. The Hall–Kier alpha value is -2.65. The molecule has 3 N–H and O–H groups in total. The largest absolute Gasteiger partial charge is 0.462 e. The molecule has 0 unspecified atom stereocenters. The number of carbonyl (C=O) groups is 2. The highest BCUT2D eigenvalue weighted by atomic mass is 32.1. The van der Waals surface area contributed by atoms with E-state index >= 15 is 0 Å². The number of thiophene rings is 1. The Morgan fingerprint density at radius 2 is 2.04 bits per heavy atom. The minimum Gasteiger partial charge on any atom is -0.462 e. The maximum atomic E-state index is 12.4. The van der Waals surface area contributed by atoms with Crippen molar-refractivity contribution in [2.24, 2.45) is 0 Å². The highest BCUT2D eigenvalue weighted by molar-refractivity contribution is 7.18. The van der Waals surface area contributed by atoms with Crippen LogP contribution in [-0.2, 0) is 11.3 Å². The summed E-state index contributed by atoms with van der Waals surface area (Å²) in [5.74, 6) is 0.239. The van der Waals surface area contributed by atoms with E-state index in [0.29, 0.717) is 27.5 Å². The number of nitrogens with zero attached hydrogens (tertiary/aromatic N) is 3. The number of nitrogen functional groups attached to an aromatic ring is 1. The molecule has 2 aromatic rings. The third-order valence-electron chi connectivity index (χ3n) is 4.67. The number of ether oxygens (including phenoxy) is 1. The molecule has 3 rings (SSSR count). The van der Waals surface area contributed by atoms with Crippen molar-refractivity contribution < 1.29 is 14.3 Å². The maximum Gasteiger partial charge on any atom is 0.341 e. The Morgan fingerprint density at radius 3 is 2.64 bits per heavy atom. The van der Waals surface area contributed by atoms with Crippen LogP contribution in [-0.4, -0.2) is 61.6 Å². The number of rotatable bonds is 6. The zero-order chi connectivity index (χ0) is 20.1. The maximum absolute atomic E-state index is 12.4. The van der Waals surface area contributed by atoms with Crippen molar-refractivity contribution in [3.8, 4) is 0 Å². The van der Waals surface area contributed by atoms with Crippen LogP contribution in [0, 0.1) is 0 Å². The van der Waals surface area contributed by atoms with Crippen LogP contribution in [0.2, 0.25) is 0 Å². The van der Waals surface area contributed by atoms with Gasteiger partial charge in [0.05, 0.1) is 17.0 Å². The molecule has 150 valence electrons. The lowest BCUT2D eigenvalue weighted by molar-refractivity contribution is 0.0525. The quantitative estimate of drug-likeness (QED) is 0.706. The number of aromatic nitrogens is 1. The molecule has 0 spiro atoms. The summed E-state index contributed by atoms with van der Waals surface area (Å²) in [6.07, 6.45) is 1.79. The molecule has 0 radical (unpaired) electrons. The van der Waals surface area contributed by atoms with E-state index < -0.39 is 5.97 Å². The summed E-state index contributed by atoms with van der Waals surface area (Å²) in [6.45, 7) is 5.70. The highest BCUT2D eigenvalue weighted by Gasteiger charge is 2.29. The van der Waals surface area contributed by atoms with E-state index in [0.717, 1.165) is 43.3 Å². The van der Waals surface area contributed by atoms with E-state index in [2.05, 4.69) is 20.1 Å². The lowest BCUT2D eigenvalue weighted by Gasteiger charge is -2.35. The Bertz CT molecular complexity index is 832.